The minimum atomic E-state index is -0.666. The van der Waals surface area contributed by atoms with Crippen LogP contribution in [-0.4, -0.2) is 60.5 Å². The summed E-state index contributed by atoms with van der Waals surface area (Å²) in [6.45, 7) is 10.1. The van der Waals surface area contributed by atoms with Gasteiger partial charge in [-0.25, -0.2) is 19.6 Å². The number of thiazole rings is 1. The molecule has 0 spiro atoms. The normalized spacial score (nSPS) is 14.3. The SMILES string of the molecule is CCOC(=O)c1nc(-c2ccc(N3CCOCC3)nc2)sc1NC(=O)OC(C)(C)C. The minimum absolute atomic E-state index is 0.0416. The molecule has 30 heavy (non-hydrogen) atoms. The van der Waals surface area contributed by atoms with Gasteiger partial charge in [-0.3, -0.25) is 5.32 Å². The molecule has 1 amide bonds. The van der Waals surface area contributed by atoms with Crippen LogP contribution in [0.3, 0.4) is 0 Å². The second-order valence-electron chi connectivity index (χ2n) is 7.55. The van der Waals surface area contributed by atoms with Gasteiger partial charge >= 0.3 is 12.1 Å². The van der Waals surface area contributed by atoms with Gasteiger partial charge in [-0.15, -0.1) is 0 Å². The standard InChI is InChI=1S/C20H26N4O5S/c1-5-28-18(25)15-17(23-19(26)29-20(2,3)4)30-16(22-15)13-6-7-14(21-12-13)24-8-10-27-11-9-24/h6-7,12H,5,8-11H2,1-4H3,(H,23,26). The lowest BCUT2D eigenvalue weighted by molar-refractivity contribution is 0.0521. The van der Waals surface area contributed by atoms with Gasteiger partial charge in [0, 0.05) is 24.8 Å². The molecular weight excluding hydrogens is 408 g/mol. The Balaban J connectivity index is 1.83. The van der Waals surface area contributed by atoms with E-state index < -0.39 is 17.7 Å². The number of morpholine rings is 1. The summed E-state index contributed by atoms with van der Waals surface area (Å²) in [6, 6.07) is 3.80. The Kier molecular flexibility index (Phi) is 6.88. The van der Waals surface area contributed by atoms with Crippen molar-refractivity contribution in [2.24, 2.45) is 0 Å². The first-order chi connectivity index (χ1) is 14.3. The monoisotopic (exact) mass is 434 g/mol. The van der Waals surface area contributed by atoms with E-state index in [1.165, 1.54) is 11.3 Å². The molecule has 0 bridgehead atoms. The molecule has 162 valence electrons. The molecule has 2 aromatic heterocycles. The number of nitrogens with one attached hydrogen (secondary N) is 1. The highest BCUT2D eigenvalue weighted by atomic mass is 32.1. The molecule has 1 aliphatic heterocycles. The Bertz CT molecular complexity index is 886. The van der Waals surface area contributed by atoms with Crippen LogP contribution < -0.4 is 10.2 Å². The Morgan fingerprint density at radius 1 is 1.27 bits per heavy atom. The smallest absolute Gasteiger partial charge is 0.412 e. The van der Waals surface area contributed by atoms with Crippen molar-refractivity contribution in [1.82, 2.24) is 9.97 Å². The van der Waals surface area contributed by atoms with Gasteiger partial charge in [0.05, 0.1) is 19.8 Å². The lowest BCUT2D eigenvalue weighted by Gasteiger charge is -2.27. The molecule has 3 rings (SSSR count). The van der Waals surface area contributed by atoms with Crippen LogP contribution in [0.5, 0.6) is 0 Å². The summed E-state index contributed by atoms with van der Waals surface area (Å²) < 4.78 is 15.7. The van der Waals surface area contributed by atoms with Crippen LogP contribution >= 0.6 is 11.3 Å². The number of pyridine rings is 1. The number of carbonyl (C=O) groups is 2. The molecule has 0 unspecified atom stereocenters. The van der Waals surface area contributed by atoms with Crippen LogP contribution in [0.25, 0.3) is 10.6 Å². The van der Waals surface area contributed by atoms with Gasteiger partial charge in [-0.2, -0.15) is 0 Å². The van der Waals surface area contributed by atoms with E-state index in [1.807, 2.05) is 12.1 Å². The quantitative estimate of drug-likeness (QED) is 0.713. The topological polar surface area (TPSA) is 103 Å². The average molecular weight is 435 g/mol. The molecule has 1 N–H and O–H groups in total. The summed E-state index contributed by atoms with van der Waals surface area (Å²) in [5, 5.41) is 3.43. The second kappa shape index (κ2) is 9.40. The van der Waals surface area contributed by atoms with Crippen molar-refractivity contribution >= 4 is 34.2 Å². The second-order valence-corrected chi connectivity index (χ2v) is 8.55. The summed E-state index contributed by atoms with van der Waals surface area (Å²) in [5.74, 6) is 0.250. The fourth-order valence-corrected chi connectivity index (χ4v) is 3.68. The van der Waals surface area contributed by atoms with Gasteiger partial charge in [-0.1, -0.05) is 11.3 Å². The van der Waals surface area contributed by atoms with E-state index in [0.29, 0.717) is 18.2 Å². The van der Waals surface area contributed by atoms with Gasteiger partial charge in [0.2, 0.25) is 0 Å². The number of nitrogens with zero attached hydrogens (tertiary/aromatic N) is 3. The molecular formula is C20H26N4O5S. The summed E-state index contributed by atoms with van der Waals surface area (Å²) in [4.78, 5) is 35.6. The van der Waals surface area contributed by atoms with E-state index in [0.717, 1.165) is 24.5 Å². The number of rotatable bonds is 5. The van der Waals surface area contributed by atoms with Crippen molar-refractivity contribution in [2.75, 3.05) is 43.1 Å². The van der Waals surface area contributed by atoms with Crippen LogP contribution in [0.15, 0.2) is 18.3 Å². The summed E-state index contributed by atoms with van der Waals surface area (Å²) in [7, 11) is 0. The van der Waals surface area contributed by atoms with E-state index in [4.69, 9.17) is 14.2 Å². The molecule has 0 aromatic carbocycles. The number of hydrogen-bond acceptors (Lipinski definition) is 9. The third kappa shape index (κ3) is 5.67. The maximum absolute atomic E-state index is 12.3. The van der Waals surface area contributed by atoms with E-state index in [2.05, 4.69) is 20.2 Å². The van der Waals surface area contributed by atoms with Crippen LogP contribution in [0.4, 0.5) is 15.6 Å². The number of ether oxygens (including phenoxy) is 3. The summed E-state index contributed by atoms with van der Waals surface area (Å²) in [5.41, 5.74) is 0.112. The molecule has 0 saturated carbocycles. The Morgan fingerprint density at radius 2 is 2.00 bits per heavy atom. The van der Waals surface area contributed by atoms with Crippen molar-refractivity contribution in [3.63, 3.8) is 0 Å². The molecule has 1 fully saturated rings. The fourth-order valence-electron chi connectivity index (χ4n) is 2.75. The third-order valence-corrected chi connectivity index (χ3v) is 5.06. The minimum Gasteiger partial charge on any atom is -0.461 e. The Morgan fingerprint density at radius 3 is 2.60 bits per heavy atom. The van der Waals surface area contributed by atoms with Gasteiger partial charge in [0.25, 0.3) is 0 Å². The lowest BCUT2D eigenvalue weighted by Crippen LogP contribution is -2.36. The number of anilines is 2. The maximum atomic E-state index is 12.3. The van der Waals surface area contributed by atoms with E-state index >= 15 is 0 Å². The zero-order valence-electron chi connectivity index (χ0n) is 17.6. The van der Waals surface area contributed by atoms with Crippen molar-refractivity contribution in [2.45, 2.75) is 33.3 Å². The number of carbonyl (C=O) groups excluding carboxylic acids is 2. The highest BCUT2D eigenvalue weighted by molar-refractivity contribution is 7.19. The van der Waals surface area contributed by atoms with Crippen LogP contribution in [0.2, 0.25) is 0 Å². The molecule has 1 saturated heterocycles. The Labute approximate surface area is 179 Å². The van der Waals surface area contributed by atoms with Gasteiger partial charge in [0.15, 0.2) is 5.69 Å². The van der Waals surface area contributed by atoms with Crippen LogP contribution in [0, 0.1) is 0 Å². The third-order valence-electron chi connectivity index (χ3n) is 4.04. The maximum Gasteiger partial charge on any atom is 0.412 e. The van der Waals surface area contributed by atoms with Crippen molar-refractivity contribution < 1.29 is 23.8 Å². The highest BCUT2D eigenvalue weighted by Crippen LogP contribution is 2.33. The number of esters is 1. The summed E-state index contributed by atoms with van der Waals surface area (Å²) >= 11 is 1.17. The Hall–Kier alpha value is -2.72. The first kappa shape index (κ1) is 22.0. The fraction of sp³-hybridized carbons (Fsp3) is 0.500. The van der Waals surface area contributed by atoms with E-state index in [-0.39, 0.29) is 17.3 Å². The first-order valence-corrected chi connectivity index (χ1v) is 10.6. The predicted octanol–water partition coefficient (Wildman–Crippen LogP) is 3.57. The number of hydrogen-bond donors (Lipinski definition) is 1. The lowest BCUT2D eigenvalue weighted by atomic mass is 10.2. The largest absolute Gasteiger partial charge is 0.461 e. The van der Waals surface area contributed by atoms with E-state index in [1.54, 1.807) is 33.9 Å². The van der Waals surface area contributed by atoms with Crippen LogP contribution in [-0.2, 0) is 14.2 Å². The molecule has 0 aliphatic carbocycles. The summed E-state index contributed by atoms with van der Waals surface area (Å²) in [6.07, 6.45) is 1.04. The van der Waals surface area contributed by atoms with Crippen LogP contribution in [0.1, 0.15) is 38.2 Å². The molecule has 9 nitrogen and oxygen atoms in total. The molecule has 10 heteroatoms. The molecule has 0 atom stereocenters. The number of aromatic nitrogens is 2. The number of amides is 1. The van der Waals surface area contributed by atoms with E-state index in [9.17, 15) is 9.59 Å². The average Bonchev–Trinajstić information content (AvgIpc) is 3.11. The molecule has 2 aromatic rings. The highest BCUT2D eigenvalue weighted by Gasteiger charge is 2.24. The van der Waals surface area contributed by atoms with Crippen molar-refractivity contribution in [1.29, 1.82) is 0 Å². The first-order valence-electron chi connectivity index (χ1n) is 9.74. The molecule has 0 radical (unpaired) electrons. The van der Waals surface area contributed by atoms with Gasteiger partial charge in [0.1, 0.15) is 21.4 Å². The van der Waals surface area contributed by atoms with Gasteiger partial charge in [-0.05, 0) is 39.8 Å². The van der Waals surface area contributed by atoms with Crippen molar-refractivity contribution in [3.05, 3.63) is 24.0 Å². The zero-order valence-corrected chi connectivity index (χ0v) is 18.4. The van der Waals surface area contributed by atoms with Crippen molar-refractivity contribution in [3.8, 4) is 10.6 Å². The predicted molar refractivity (Wildman–Crippen MR) is 114 cm³/mol. The molecule has 1 aliphatic rings. The zero-order chi connectivity index (χ0) is 21.7. The van der Waals surface area contributed by atoms with Gasteiger partial charge < -0.3 is 19.1 Å². The molecule has 3 heterocycles.